The molecule has 1 aromatic rings. The molecule has 24 heavy (non-hydrogen) atoms. The van der Waals surface area contributed by atoms with E-state index in [0.717, 1.165) is 6.20 Å². The molecule has 0 aliphatic carbocycles. The number of nitrogens with two attached hydrogens (primary N) is 3. The number of aliphatic hydroxyl groups is 3. The average Bonchev–Trinajstić information content (AvgIpc) is 2.63. The van der Waals surface area contributed by atoms with E-state index in [-0.39, 0.29) is 5.56 Å². The molecule has 0 fully saturated rings. The lowest BCUT2D eigenvalue weighted by Gasteiger charge is -2.14. The molecular weight excluding hydrogens is 322 g/mol. The molecular formula is C13H19N5O6. The standard InChI is InChI=1S/C13H19N5O6/c14-6(2-19)10(22)5-1-17-13(12(24)8(16)4-21)18-9(5)11(23)7(15)3-20/h1,6-8,19-21H,2-4,14-16H2/t6-,7-,8-/m0/s1. The molecule has 0 aromatic carbocycles. The highest BCUT2D eigenvalue weighted by molar-refractivity contribution is 6.11. The number of aliphatic hydroxyl groups excluding tert-OH is 3. The third kappa shape index (κ3) is 4.23. The van der Waals surface area contributed by atoms with Gasteiger partial charge in [0.15, 0.2) is 11.6 Å². The highest BCUT2D eigenvalue weighted by Crippen LogP contribution is 2.12. The molecule has 11 heteroatoms. The molecule has 11 nitrogen and oxygen atoms in total. The fraction of sp³-hybridized carbons (Fsp3) is 0.462. The van der Waals surface area contributed by atoms with Crippen LogP contribution in [0.4, 0.5) is 0 Å². The van der Waals surface area contributed by atoms with Crippen molar-refractivity contribution in [3.05, 3.63) is 23.3 Å². The predicted octanol–water partition coefficient (Wildman–Crippen LogP) is -4.02. The van der Waals surface area contributed by atoms with Crippen molar-refractivity contribution in [1.82, 2.24) is 9.97 Å². The Labute approximate surface area is 136 Å². The lowest BCUT2D eigenvalue weighted by Crippen LogP contribution is -2.40. The molecule has 0 radical (unpaired) electrons. The van der Waals surface area contributed by atoms with Gasteiger partial charge in [0.1, 0.15) is 5.69 Å². The fourth-order valence-corrected chi connectivity index (χ4v) is 1.66. The summed E-state index contributed by atoms with van der Waals surface area (Å²) in [5, 5.41) is 26.9. The van der Waals surface area contributed by atoms with Gasteiger partial charge in [0.05, 0.1) is 43.5 Å². The van der Waals surface area contributed by atoms with E-state index >= 15 is 0 Å². The van der Waals surface area contributed by atoms with Crippen LogP contribution in [0.1, 0.15) is 31.5 Å². The van der Waals surface area contributed by atoms with Crippen LogP contribution in [-0.4, -0.2) is 80.6 Å². The number of carbonyl (C=O) groups excluding carboxylic acids is 3. The maximum Gasteiger partial charge on any atom is 0.219 e. The molecule has 0 aliphatic heterocycles. The molecule has 9 N–H and O–H groups in total. The van der Waals surface area contributed by atoms with Crippen molar-refractivity contribution in [3.63, 3.8) is 0 Å². The van der Waals surface area contributed by atoms with E-state index in [2.05, 4.69) is 9.97 Å². The molecule has 3 atom stereocenters. The van der Waals surface area contributed by atoms with Gasteiger partial charge in [0.2, 0.25) is 11.6 Å². The molecule has 0 saturated carbocycles. The van der Waals surface area contributed by atoms with Crippen LogP contribution in [0.5, 0.6) is 0 Å². The van der Waals surface area contributed by atoms with Crippen LogP contribution in [-0.2, 0) is 0 Å². The monoisotopic (exact) mass is 341 g/mol. The molecule has 0 aliphatic rings. The molecule has 0 saturated heterocycles. The molecule has 0 spiro atoms. The van der Waals surface area contributed by atoms with Gasteiger partial charge in [0, 0.05) is 6.20 Å². The van der Waals surface area contributed by atoms with Gasteiger partial charge in [-0.05, 0) is 0 Å². The number of hydrogen-bond donors (Lipinski definition) is 6. The summed E-state index contributed by atoms with van der Waals surface area (Å²) in [4.78, 5) is 43.6. The molecule has 1 aromatic heterocycles. The van der Waals surface area contributed by atoms with E-state index < -0.39 is 66.8 Å². The number of ketones is 3. The van der Waals surface area contributed by atoms with Crippen molar-refractivity contribution in [1.29, 1.82) is 0 Å². The summed E-state index contributed by atoms with van der Waals surface area (Å²) in [6.07, 6.45) is 0.888. The van der Waals surface area contributed by atoms with Crippen molar-refractivity contribution in [2.45, 2.75) is 18.1 Å². The summed E-state index contributed by atoms with van der Waals surface area (Å²) in [5.74, 6) is -3.11. The maximum absolute atomic E-state index is 12.2. The quantitative estimate of drug-likeness (QED) is 0.238. The molecule has 0 amide bonds. The molecule has 1 rings (SSSR count). The van der Waals surface area contributed by atoms with Gasteiger partial charge in [-0.25, -0.2) is 9.97 Å². The van der Waals surface area contributed by atoms with Gasteiger partial charge in [-0.1, -0.05) is 0 Å². The zero-order valence-electron chi connectivity index (χ0n) is 12.6. The lowest BCUT2D eigenvalue weighted by molar-refractivity contribution is 0.0880. The number of hydrogen-bond acceptors (Lipinski definition) is 11. The Bertz CT molecular complexity index is 637. The number of carbonyl (C=O) groups is 3. The Morgan fingerprint density at radius 3 is 1.83 bits per heavy atom. The zero-order valence-corrected chi connectivity index (χ0v) is 12.6. The van der Waals surface area contributed by atoms with Gasteiger partial charge in [-0.2, -0.15) is 0 Å². The minimum absolute atomic E-state index is 0.348. The zero-order chi connectivity index (χ0) is 18.4. The van der Waals surface area contributed by atoms with Gasteiger partial charge < -0.3 is 32.5 Å². The molecule has 1 heterocycles. The first-order valence-corrected chi connectivity index (χ1v) is 6.87. The van der Waals surface area contributed by atoms with E-state index in [9.17, 15) is 14.4 Å². The smallest absolute Gasteiger partial charge is 0.219 e. The van der Waals surface area contributed by atoms with Crippen LogP contribution in [0.15, 0.2) is 6.20 Å². The first-order valence-electron chi connectivity index (χ1n) is 6.87. The number of rotatable bonds is 9. The first kappa shape index (κ1) is 19.9. The summed E-state index contributed by atoms with van der Waals surface area (Å²) in [6, 6.07) is -4.02. The second-order valence-electron chi connectivity index (χ2n) is 4.92. The highest BCUT2D eigenvalue weighted by atomic mass is 16.3. The summed E-state index contributed by atoms with van der Waals surface area (Å²) in [5.41, 5.74) is 15.4. The Morgan fingerprint density at radius 1 is 0.875 bits per heavy atom. The predicted molar refractivity (Wildman–Crippen MR) is 80.2 cm³/mol. The maximum atomic E-state index is 12.2. The Kier molecular flexibility index (Phi) is 7.16. The Balaban J connectivity index is 3.42. The lowest BCUT2D eigenvalue weighted by atomic mass is 10.00. The third-order valence-electron chi connectivity index (χ3n) is 3.11. The van der Waals surface area contributed by atoms with Crippen molar-refractivity contribution >= 4 is 17.3 Å². The van der Waals surface area contributed by atoms with Gasteiger partial charge >= 0.3 is 0 Å². The van der Waals surface area contributed by atoms with E-state index in [0.29, 0.717) is 0 Å². The second-order valence-corrected chi connectivity index (χ2v) is 4.92. The molecule has 132 valence electrons. The van der Waals surface area contributed by atoms with Crippen molar-refractivity contribution in [2.75, 3.05) is 19.8 Å². The number of nitrogens with zero attached hydrogens (tertiary/aromatic N) is 2. The molecule has 0 unspecified atom stereocenters. The van der Waals surface area contributed by atoms with E-state index in [1.165, 1.54) is 0 Å². The second kappa shape index (κ2) is 8.63. The topological polar surface area (TPSA) is 216 Å². The molecule has 0 bridgehead atoms. The number of Topliss-reactive ketones (excluding diaryl/α,β-unsaturated/α-hetero) is 3. The Hall–Kier alpha value is -2.15. The normalized spacial score (nSPS) is 14.8. The summed E-state index contributed by atoms with van der Waals surface area (Å²) in [6.45, 7) is -2.08. The van der Waals surface area contributed by atoms with Crippen LogP contribution in [0, 0.1) is 0 Å². The van der Waals surface area contributed by atoms with Crippen LogP contribution in [0.25, 0.3) is 0 Å². The van der Waals surface area contributed by atoms with E-state index in [1.54, 1.807) is 0 Å². The largest absolute Gasteiger partial charge is 0.394 e. The summed E-state index contributed by atoms with van der Waals surface area (Å²) in [7, 11) is 0. The van der Waals surface area contributed by atoms with Crippen LogP contribution in [0.2, 0.25) is 0 Å². The third-order valence-corrected chi connectivity index (χ3v) is 3.11. The Morgan fingerprint density at radius 2 is 1.33 bits per heavy atom. The first-order chi connectivity index (χ1) is 11.3. The average molecular weight is 341 g/mol. The van der Waals surface area contributed by atoms with Crippen molar-refractivity contribution in [2.24, 2.45) is 17.2 Å². The fourth-order valence-electron chi connectivity index (χ4n) is 1.66. The van der Waals surface area contributed by atoms with Crippen LogP contribution >= 0.6 is 0 Å². The van der Waals surface area contributed by atoms with Gasteiger partial charge in [-0.3, -0.25) is 14.4 Å². The van der Waals surface area contributed by atoms with E-state index in [4.69, 9.17) is 32.5 Å². The van der Waals surface area contributed by atoms with Crippen LogP contribution in [0.3, 0.4) is 0 Å². The van der Waals surface area contributed by atoms with Gasteiger partial charge in [0.25, 0.3) is 0 Å². The highest BCUT2D eigenvalue weighted by Gasteiger charge is 2.29. The number of aromatic nitrogens is 2. The van der Waals surface area contributed by atoms with Crippen LogP contribution < -0.4 is 17.2 Å². The van der Waals surface area contributed by atoms with Gasteiger partial charge in [-0.15, -0.1) is 0 Å². The minimum atomic E-state index is -1.38. The van der Waals surface area contributed by atoms with Crippen molar-refractivity contribution < 1.29 is 29.7 Å². The summed E-state index contributed by atoms with van der Waals surface area (Å²) >= 11 is 0. The minimum Gasteiger partial charge on any atom is -0.394 e. The van der Waals surface area contributed by atoms with E-state index in [1.807, 2.05) is 0 Å². The van der Waals surface area contributed by atoms with Crippen molar-refractivity contribution in [3.8, 4) is 0 Å². The summed E-state index contributed by atoms with van der Waals surface area (Å²) < 4.78 is 0. The SMILES string of the molecule is N[C@@H](CO)C(=O)c1ncc(C(=O)[C@@H](N)CO)c(C(=O)[C@@H](N)CO)n1.